The number of aryl methyl sites for hydroxylation is 1. The van der Waals surface area contributed by atoms with E-state index >= 15 is 0 Å². The highest BCUT2D eigenvalue weighted by Crippen LogP contribution is 2.34. The van der Waals surface area contributed by atoms with E-state index < -0.39 is 35.6 Å². The summed E-state index contributed by atoms with van der Waals surface area (Å²) in [6, 6.07) is 7.80. The maximum absolute atomic E-state index is 12.1. The topological polar surface area (TPSA) is 117 Å². The lowest BCUT2D eigenvalue weighted by Crippen LogP contribution is -2.42. The van der Waals surface area contributed by atoms with E-state index in [2.05, 4.69) is 5.32 Å². The number of benzene rings is 2. The molecule has 0 spiro atoms. The number of nitrogens with one attached hydrogen (secondary N) is 1. The summed E-state index contributed by atoms with van der Waals surface area (Å²) < 4.78 is 20.9. The molecule has 2 aromatic carbocycles. The quantitative estimate of drug-likeness (QED) is 0.346. The Morgan fingerprint density at radius 3 is 2.06 bits per heavy atom. The highest BCUT2D eigenvalue weighted by molar-refractivity contribution is 5.96. The van der Waals surface area contributed by atoms with Crippen molar-refractivity contribution >= 4 is 34.8 Å². The monoisotopic (exact) mass is 473 g/mol. The number of carbonyl (C=O) groups is 4. The molecule has 0 saturated heterocycles. The fraction of sp³-hybridized carbons (Fsp3) is 0.440. The highest BCUT2D eigenvalue weighted by atomic mass is 16.6. The number of fused-ring (bicyclic) bond motifs is 1. The molecule has 1 atom stereocenters. The lowest BCUT2D eigenvalue weighted by atomic mass is 10.0. The van der Waals surface area contributed by atoms with E-state index in [1.807, 2.05) is 12.1 Å². The van der Waals surface area contributed by atoms with Crippen LogP contribution < -0.4 is 14.8 Å². The minimum absolute atomic E-state index is 0.154. The van der Waals surface area contributed by atoms with Crippen molar-refractivity contribution in [3.63, 3.8) is 0 Å². The number of alkyl carbamates (subject to hydrolysis) is 1. The largest absolute Gasteiger partial charge is 0.464 e. The molecule has 0 aliphatic heterocycles. The van der Waals surface area contributed by atoms with E-state index in [9.17, 15) is 19.2 Å². The first-order valence-corrected chi connectivity index (χ1v) is 10.9. The van der Waals surface area contributed by atoms with Crippen LogP contribution in [0.25, 0.3) is 10.8 Å². The summed E-state index contributed by atoms with van der Waals surface area (Å²) in [5, 5.41) is 3.70. The lowest BCUT2D eigenvalue weighted by molar-refractivity contribution is -0.145. The third-order valence-electron chi connectivity index (χ3n) is 4.45. The van der Waals surface area contributed by atoms with Crippen LogP contribution in [-0.4, -0.2) is 42.3 Å². The minimum atomic E-state index is -0.846. The Hall–Kier alpha value is -3.62. The molecule has 0 unspecified atom stereocenters. The van der Waals surface area contributed by atoms with Crippen molar-refractivity contribution in [2.75, 3.05) is 6.61 Å². The summed E-state index contributed by atoms with van der Waals surface area (Å²) in [7, 11) is 0. The zero-order valence-electron chi connectivity index (χ0n) is 20.4. The first kappa shape index (κ1) is 26.6. The molecule has 2 rings (SSSR count). The van der Waals surface area contributed by atoms with Crippen LogP contribution in [0.3, 0.4) is 0 Å². The van der Waals surface area contributed by atoms with Crippen molar-refractivity contribution in [3.8, 4) is 11.5 Å². The molecule has 184 valence electrons. The zero-order valence-corrected chi connectivity index (χ0v) is 20.4. The molecule has 1 amide bonds. The number of carbonyl (C=O) groups excluding carboxylic acids is 4. The summed E-state index contributed by atoms with van der Waals surface area (Å²) in [5.74, 6) is -0.762. The van der Waals surface area contributed by atoms with Crippen molar-refractivity contribution in [1.29, 1.82) is 0 Å². The molecule has 0 aliphatic rings. The minimum Gasteiger partial charge on any atom is -0.464 e. The normalized spacial score (nSPS) is 11.9. The Morgan fingerprint density at radius 2 is 1.50 bits per heavy atom. The third-order valence-corrected chi connectivity index (χ3v) is 4.45. The molecule has 0 fully saturated rings. The van der Waals surface area contributed by atoms with Crippen molar-refractivity contribution in [1.82, 2.24) is 5.32 Å². The second-order valence-electron chi connectivity index (χ2n) is 8.77. The van der Waals surface area contributed by atoms with Gasteiger partial charge in [0.05, 0.1) is 6.61 Å². The number of amides is 1. The predicted molar refractivity (Wildman–Crippen MR) is 125 cm³/mol. The van der Waals surface area contributed by atoms with Gasteiger partial charge in [-0.15, -0.1) is 0 Å². The summed E-state index contributed by atoms with van der Waals surface area (Å²) in [6.07, 6.45) is 0.418. The molecule has 2 aromatic rings. The molecule has 9 nitrogen and oxygen atoms in total. The van der Waals surface area contributed by atoms with E-state index in [0.717, 1.165) is 5.56 Å². The van der Waals surface area contributed by atoms with Crippen LogP contribution in [0, 0.1) is 0 Å². The van der Waals surface area contributed by atoms with Gasteiger partial charge in [0.15, 0.2) is 0 Å². The SMILES string of the molecule is CC(=O)Oc1ccc(OC(C)=O)c2cc(CCCOC(=O)[C@H](C)NC(=O)OC(C)(C)C)ccc12. The molecular formula is C25H31NO8. The Labute approximate surface area is 198 Å². The van der Waals surface area contributed by atoms with Gasteiger partial charge in [0.1, 0.15) is 23.1 Å². The second-order valence-corrected chi connectivity index (χ2v) is 8.77. The maximum Gasteiger partial charge on any atom is 0.408 e. The smallest absolute Gasteiger partial charge is 0.408 e. The van der Waals surface area contributed by atoms with Crippen LogP contribution in [0.2, 0.25) is 0 Å². The highest BCUT2D eigenvalue weighted by Gasteiger charge is 2.21. The van der Waals surface area contributed by atoms with Gasteiger partial charge in [-0.25, -0.2) is 9.59 Å². The average molecular weight is 474 g/mol. The molecule has 0 bridgehead atoms. The van der Waals surface area contributed by atoms with Crippen LogP contribution in [0.4, 0.5) is 4.79 Å². The Morgan fingerprint density at radius 1 is 0.912 bits per heavy atom. The Balaban J connectivity index is 1.99. The van der Waals surface area contributed by atoms with Crippen LogP contribution in [0.1, 0.15) is 53.5 Å². The van der Waals surface area contributed by atoms with Gasteiger partial charge in [0.25, 0.3) is 0 Å². The van der Waals surface area contributed by atoms with Gasteiger partial charge in [-0.1, -0.05) is 12.1 Å². The van der Waals surface area contributed by atoms with Gasteiger partial charge in [0.2, 0.25) is 0 Å². The van der Waals surface area contributed by atoms with E-state index in [-0.39, 0.29) is 6.61 Å². The fourth-order valence-electron chi connectivity index (χ4n) is 3.10. The van der Waals surface area contributed by atoms with Crippen molar-refractivity contribution in [2.24, 2.45) is 0 Å². The Bertz CT molecular complexity index is 1070. The fourth-order valence-corrected chi connectivity index (χ4v) is 3.10. The number of hydrogen-bond donors (Lipinski definition) is 1. The molecule has 0 heterocycles. The van der Waals surface area contributed by atoms with Crippen LogP contribution in [-0.2, 0) is 30.3 Å². The van der Waals surface area contributed by atoms with Crippen LogP contribution in [0.5, 0.6) is 11.5 Å². The van der Waals surface area contributed by atoms with E-state index in [1.165, 1.54) is 20.8 Å². The van der Waals surface area contributed by atoms with Crippen molar-refractivity contribution in [3.05, 3.63) is 35.9 Å². The maximum atomic E-state index is 12.1. The molecule has 9 heteroatoms. The van der Waals surface area contributed by atoms with Crippen LogP contribution >= 0.6 is 0 Å². The van der Waals surface area contributed by atoms with E-state index in [4.69, 9.17) is 18.9 Å². The Kier molecular flexibility index (Phi) is 9.00. The van der Waals surface area contributed by atoms with Crippen LogP contribution in [0.15, 0.2) is 30.3 Å². The van der Waals surface area contributed by atoms with Gasteiger partial charge in [-0.2, -0.15) is 0 Å². The molecule has 0 saturated carbocycles. The molecule has 1 N–H and O–H groups in total. The second kappa shape index (κ2) is 11.5. The van der Waals surface area contributed by atoms with Gasteiger partial charge in [0, 0.05) is 24.6 Å². The average Bonchev–Trinajstić information content (AvgIpc) is 2.70. The van der Waals surface area contributed by atoms with Gasteiger partial charge in [-0.05, 0) is 64.3 Å². The number of ether oxygens (including phenoxy) is 4. The first-order chi connectivity index (χ1) is 15.9. The zero-order chi connectivity index (χ0) is 25.5. The molecule has 0 radical (unpaired) electrons. The molecular weight excluding hydrogens is 442 g/mol. The summed E-state index contributed by atoms with van der Waals surface area (Å²) >= 11 is 0. The summed E-state index contributed by atoms with van der Waals surface area (Å²) in [4.78, 5) is 46.8. The molecule has 0 aromatic heterocycles. The van der Waals surface area contributed by atoms with Gasteiger partial charge < -0.3 is 24.3 Å². The van der Waals surface area contributed by atoms with Crippen molar-refractivity contribution < 1.29 is 38.1 Å². The summed E-state index contributed by atoms with van der Waals surface area (Å²) in [5.41, 5.74) is 0.249. The van der Waals surface area contributed by atoms with E-state index in [1.54, 1.807) is 39.0 Å². The number of esters is 3. The molecule has 34 heavy (non-hydrogen) atoms. The third kappa shape index (κ3) is 8.38. The van der Waals surface area contributed by atoms with Gasteiger partial charge in [-0.3, -0.25) is 9.59 Å². The first-order valence-electron chi connectivity index (χ1n) is 10.9. The number of hydrogen-bond acceptors (Lipinski definition) is 8. The summed E-state index contributed by atoms with van der Waals surface area (Å²) in [6.45, 7) is 9.49. The van der Waals surface area contributed by atoms with Gasteiger partial charge >= 0.3 is 24.0 Å². The molecule has 0 aliphatic carbocycles. The van der Waals surface area contributed by atoms with Crippen molar-refractivity contribution in [2.45, 2.75) is 66.0 Å². The van der Waals surface area contributed by atoms with E-state index in [0.29, 0.717) is 35.1 Å². The number of rotatable bonds is 8. The standard InChI is InChI=1S/C25H31NO8/c1-15(26-24(30)34-25(4,5)6)23(29)31-13-7-8-18-9-10-19-20(14-18)22(33-17(3)28)12-11-21(19)32-16(2)27/h9-12,14-15H,7-8,13H2,1-6H3,(H,26,30)/t15-/m0/s1. The lowest BCUT2D eigenvalue weighted by Gasteiger charge is -2.21. The predicted octanol–water partition coefficient (Wildman–Crippen LogP) is 4.08.